The van der Waals surface area contributed by atoms with Crippen molar-refractivity contribution in [2.75, 3.05) is 6.54 Å². The average Bonchev–Trinajstić information content (AvgIpc) is 2.81. The van der Waals surface area contributed by atoms with Crippen LogP contribution in [-0.2, 0) is 4.79 Å². The van der Waals surface area contributed by atoms with Crippen LogP contribution in [0.25, 0.3) is 0 Å². The van der Waals surface area contributed by atoms with Crippen LogP contribution < -0.4 is 11.1 Å². The molecule has 1 rings (SSSR count). The molecular formula is C13H25N3O2. The standard InChI is InChI=1S/C13H25N3O2/c1-4-13(3,10(14)16-18)11(17)15-9-12(2)7-5-6-8-12/h18H,4-9H2,1-3H3,(H2,14,16)(H,15,17). The molecule has 5 heteroatoms. The lowest BCUT2D eigenvalue weighted by Crippen LogP contribution is -2.49. The van der Waals surface area contributed by atoms with Gasteiger partial charge in [-0.1, -0.05) is 31.8 Å². The van der Waals surface area contributed by atoms with Gasteiger partial charge in [0.05, 0.1) is 0 Å². The summed E-state index contributed by atoms with van der Waals surface area (Å²) in [4.78, 5) is 12.2. The lowest BCUT2D eigenvalue weighted by atomic mass is 9.83. The second-order valence-corrected chi connectivity index (χ2v) is 5.87. The van der Waals surface area contributed by atoms with Crippen LogP contribution in [-0.4, -0.2) is 23.5 Å². The highest BCUT2D eigenvalue weighted by atomic mass is 16.4. The average molecular weight is 255 g/mol. The van der Waals surface area contributed by atoms with Gasteiger partial charge < -0.3 is 16.3 Å². The van der Waals surface area contributed by atoms with Crippen molar-refractivity contribution >= 4 is 11.7 Å². The number of amidine groups is 1. The lowest BCUT2D eigenvalue weighted by molar-refractivity contribution is -0.127. The summed E-state index contributed by atoms with van der Waals surface area (Å²) in [7, 11) is 0. The molecule has 1 amide bonds. The summed E-state index contributed by atoms with van der Waals surface area (Å²) < 4.78 is 0. The van der Waals surface area contributed by atoms with Crippen molar-refractivity contribution < 1.29 is 10.0 Å². The predicted octanol–water partition coefficient (Wildman–Crippen LogP) is 1.85. The minimum atomic E-state index is -0.927. The van der Waals surface area contributed by atoms with Crippen LogP contribution in [0.5, 0.6) is 0 Å². The molecule has 4 N–H and O–H groups in total. The minimum absolute atomic E-state index is 0.0286. The number of nitrogens with two attached hydrogens (primary N) is 1. The van der Waals surface area contributed by atoms with Gasteiger partial charge in [0.1, 0.15) is 5.41 Å². The maximum Gasteiger partial charge on any atom is 0.233 e. The number of hydrogen-bond donors (Lipinski definition) is 3. The van der Waals surface area contributed by atoms with Crippen molar-refractivity contribution in [1.82, 2.24) is 5.32 Å². The highest BCUT2D eigenvalue weighted by molar-refractivity contribution is 6.06. The summed E-state index contributed by atoms with van der Waals surface area (Å²) >= 11 is 0. The van der Waals surface area contributed by atoms with E-state index in [2.05, 4.69) is 17.4 Å². The van der Waals surface area contributed by atoms with E-state index in [1.54, 1.807) is 6.92 Å². The summed E-state index contributed by atoms with van der Waals surface area (Å²) in [6, 6.07) is 0. The molecule has 0 aliphatic heterocycles. The van der Waals surface area contributed by atoms with E-state index in [1.165, 1.54) is 12.8 Å². The lowest BCUT2D eigenvalue weighted by Gasteiger charge is -2.29. The van der Waals surface area contributed by atoms with Crippen LogP contribution in [0.2, 0.25) is 0 Å². The molecule has 1 atom stereocenters. The fourth-order valence-corrected chi connectivity index (χ4v) is 2.46. The van der Waals surface area contributed by atoms with Crippen molar-refractivity contribution in [3.8, 4) is 0 Å². The first kappa shape index (κ1) is 14.8. The molecule has 0 aromatic heterocycles. The number of oxime groups is 1. The molecule has 0 heterocycles. The smallest absolute Gasteiger partial charge is 0.233 e. The number of hydrogen-bond acceptors (Lipinski definition) is 3. The summed E-state index contributed by atoms with van der Waals surface area (Å²) in [5.41, 5.74) is 4.90. The Balaban J connectivity index is 2.63. The normalized spacial score (nSPS) is 22.5. The molecular weight excluding hydrogens is 230 g/mol. The van der Waals surface area contributed by atoms with Gasteiger partial charge in [-0.05, 0) is 31.6 Å². The van der Waals surface area contributed by atoms with Gasteiger partial charge in [-0.25, -0.2) is 0 Å². The molecule has 0 aromatic rings. The number of nitrogens with zero attached hydrogens (tertiary/aromatic N) is 1. The number of rotatable bonds is 5. The van der Waals surface area contributed by atoms with E-state index in [9.17, 15) is 4.79 Å². The third-order valence-corrected chi connectivity index (χ3v) is 4.37. The Morgan fingerprint density at radius 2 is 2.06 bits per heavy atom. The zero-order valence-electron chi connectivity index (χ0n) is 11.6. The van der Waals surface area contributed by atoms with Gasteiger partial charge in [0.2, 0.25) is 5.91 Å². The third kappa shape index (κ3) is 2.94. The molecule has 0 radical (unpaired) electrons. The van der Waals surface area contributed by atoms with E-state index < -0.39 is 5.41 Å². The van der Waals surface area contributed by atoms with Crippen LogP contribution in [0.15, 0.2) is 5.16 Å². The molecule has 104 valence electrons. The maximum absolute atomic E-state index is 12.2. The molecule has 0 spiro atoms. The van der Waals surface area contributed by atoms with Gasteiger partial charge in [0, 0.05) is 6.54 Å². The predicted molar refractivity (Wildman–Crippen MR) is 71.4 cm³/mol. The van der Waals surface area contributed by atoms with Crippen molar-refractivity contribution in [2.45, 2.75) is 52.9 Å². The van der Waals surface area contributed by atoms with Crippen LogP contribution in [0.1, 0.15) is 52.9 Å². The SMILES string of the molecule is CCC(C)(C(=O)NCC1(C)CCCC1)C(N)=NO. The maximum atomic E-state index is 12.2. The molecule has 1 aliphatic rings. The Morgan fingerprint density at radius 1 is 1.50 bits per heavy atom. The largest absolute Gasteiger partial charge is 0.409 e. The molecule has 1 unspecified atom stereocenters. The van der Waals surface area contributed by atoms with Crippen LogP contribution in [0.3, 0.4) is 0 Å². The fraction of sp³-hybridized carbons (Fsp3) is 0.846. The quantitative estimate of drug-likeness (QED) is 0.303. The zero-order valence-corrected chi connectivity index (χ0v) is 11.6. The Kier molecular flexibility index (Phi) is 4.59. The van der Waals surface area contributed by atoms with Crippen LogP contribution >= 0.6 is 0 Å². The van der Waals surface area contributed by atoms with Crippen molar-refractivity contribution in [1.29, 1.82) is 0 Å². The third-order valence-electron chi connectivity index (χ3n) is 4.37. The molecule has 0 aromatic carbocycles. The van der Waals surface area contributed by atoms with Gasteiger partial charge >= 0.3 is 0 Å². The summed E-state index contributed by atoms with van der Waals surface area (Å²) in [6.45, 7) is 6.43. The van der Waals surface area contributed by atoms with Crippen LogP contribution in [0, 0.1) is 10.8 Å². The van der Waals surface area contributed by atoms with E-state index in [-0.39, 0.29) is 17.2 Å². The van der Waals surface area contributed by atoms with E-state index in [0.717, 1.165) is 12.8 Å². The van der Waals surface area contributed by atoms with Crippen molar-refractivity contribution in [2.24, 2.45) is 21.7 Å². The first-order chi connectivity index (χ1) is 8.38. The van der Waals surface area contributed by atoms with E-state index in [4.69, 9.17) is 10.9 Å². The van der Waals surface area contributed by atoms with Gasteiger partial charge in [-0.2, -0.15) is 0 Å². The molecule has 0 bridgehead atoms. The summed E-state index contributed by atoms with van der Waals surface area (Å²) in [6.07, 6.45) is 5.28. The van der Waals surface area contributed by atoms with Gasteiger partial charge in [-0.3, -0.25) is 4.79 Å². The fourth-order valence-electron chi connectivity index (χ4n) is 2.46. The zero-order chi connectivity index (χ0) is 13.8. The van der Waals surface area contributed by atoms with Crippen molar-refractivity contribution in [3.05, 3.63) is 0 Å². The Labute approximate surface area is 109 Å². The molecule has 1 aliphatic carbocycles. The minimum Gasteiger partial charge on any atom is -0.409 e. The number of amides is 1. The topological polar surface area (TPSA) is 87.7 Å². The number of carbonyl (C=O) groups is 1. The highest BCUT2D eigenvalue weighted by Gasteiger charge is 2.38. The highest BCUT2D eigenvalue weighted by Crippen LogP contribution is 2.37. The molecule has 18 heavy (non-hydrogen) atoms. The molecule has 0 saturated heterocycles. The summed E-state index contributed by atoms with van der Waals surface area (Å²) in [5, 5.41) is 14.7. The first-order valence-electron chi connectivity index (χ1n) is 6.64. The van der Waals surface area contributed by atoms with E-state index in [1.807, 2.05) is 6.92 Å². The number of carbonyl (C=O) groups excluding carboxylic acids is 1. The van der Waals surface area contributed by atoms with Gasteiger partial charge in [0.25, 0.3) is 0 Å². The second-order valence-electron chi connectivity index (χ2n) is 5.87. The van der Waals surface area contributed by atoms with E-state index >= 15 is 0 Å². The van der Waals surface area contributed by atoms with Gasteiger partial charge in [0.15, 0.2) is 5.84 Å². The first-order valence-corrected chi connectivity index (χ1v) is 6.64. The Bertz CT molecular complexity index is 335. The van der Waals surface area contributed by atoms with Crippen molar-refractivity contribution in [3.63, 3.8) is 0 Å². The molecule has 1 fully saturated rings. The molecule has 5 nitrogen and oxygen atoms in total. The molecule has 1 saturated carbocycles. The summed E-state index contributed by atoms with van der Waals surface area (Å²) in [5.74, 6) is -0.187. The van der Waals surface area contributed by atoms with Crippen LogP contribution in [0.4, 0.5) is 0 Å². The Hall–Kier alpha value is -1.26. The number of nitrogens with one attached hydrogen (secondary N) is 1. The Morgan fingerprint density at radius 3 is 2.50 bits per heavy atom. The monoisotopic (exact) mass is 255 g/mol. The van der Waals surface area contributed by atoms with Gasteiger partial charge in [-0.15, -0.1) is 0 Å². The van der Waals surface area contributed by atoms with E-state index in [0.29, 0.717) is 13.0 Å². The second kappa shape index (κ2) is 5.59.